The fourth-order valence-electron chi connectivity index (χ4n) is 2.34. The highest BCUT2D eigenvalue weighted by Crippen LogP contribution is 2.15. The van der Waals surface area contributed by atoms with Crippen molar-refractivity contribution in [2.24, 2.45) is 0 Å². The first-order valence-electron chi connectivity index (χ1n) is 7.06. The molecule has 1 aliphatic heterocycles. The number of likely N-dealkylation sites (N-methyl/N-ethyl adjacent to an activating group) is 1. The predicted molar refractivity (Wildman–Crippen MR) is 85.2 cm³/mol. The quantitative estimate of drug-likeness (QED) is 0.882. The number of halogens is 1. The van der Waals surface area contributed by atoms with Crippen molar-refractivity contribution < 1.29 is 8.42 Å². The maximum atomic E-state index is 12.2. The molecule has 1 aromatic rings. The van der Waals surface area contributed by atoms with E-state index in [0.717, 1.165) is 26.2 Å². The fourth-order valence-corrected chi connectivity index (χ4v) is 3.76. The van der Waals surface area contributed by atoms with Gasteiger partial charge in [-0.05, 0) is 32.2 Å². The van der Waals surface area contributed by atoms with Gasteiger partial charge in [0.1, 0.15) is 0 Å². The van der Waals surface area contributed by atoms with Crippen molar-refractivity contribution in [1.29, 1.82) is 0 Å². The van der Waals surface area contributed by atoms with Crippen molar-refractivity contribution in [3.63, 3.8) is 0 Å². The van der Waals surface area contributed by atoms with Crippen LogP contribution >= 0.6 is 11.6 Å². The third-order valence-corrected chi connectivity index (χ3v) is 5.49. The van der Waals surface area contributed by atoms with Crippen LogP contribution in [0.5, 0.6) is 0 Å². The van der Waals surface area contributed by atoms with Crippen molar-refractivity contribution >= 4 is 21.6 Å². The Morgan fingerprint density at radius 2 is 1.95 bits per heavy atom. The van der Waals surface area contributed by atoms with Gasteiger partial charge in [-0.3, -0.25) is 4.90 Å². The molecule has 0 saturated carbocycles. The van der Waals surface area contributed by atoms with E-state index in [9.17, 15) is 8.42 Å². The number of benzene rings is 1. The molecule has 1 saturated heterocycles. The summed E-state index contributed by atoms with van der Waals surface area (Å²) in [5, 5.41) is 0.421. The lowest BCUT2D eigenvalue weighted by atomic mass is 10.2. The molecule has 0 aliphatic carbocycles. The molecule has 0 spiro atoms. The average molecular weight is 332 g/mol. The smallest absolute Gasteiger partial charge is 0.240 e. The molecule has 118 valence electrons. The maximum Gasteiger partial charge on any atom is 0.240 e. The molecular weight excluding hydrogens is 310 g/mol. The molecule has 0 unspecified atom stereocenters. The normalized spacial score (nSPS) is 19.6. The van der Waals surface area contributed by atoms with E-state index in [1.807, 2.05) is 6.92 Å². The summed E-state index contributed by atoms with van der Waals surface area (Å²) in [4.78, 5) is 4.79. The minimum atomic E-state index is -3.50. The Labute approximate surface area is 131 Å². The molecule has 1 N–H and O–H groups in total. The SMILES string of the molecule is C[C@@H](CNS(=O)(=O)c1cccc(Cl)c1)N1CCN(C)CC1. The van der Waals surface area contributed by atoms with E-state index in [1.165, 1.54) is 6.07 Å². The lowest BCUT2D eigenvalue weighted by molar-refractivity contribution is 0.120. The van der Waals surface area contributed by atoms with Crippen molar-refractivity contribution in [3.8, 4) is 0 Å². The molecule has 5 nitrogen and oxygen atoms in total. The summed E-state index contributed by atoms with van der Waals surface area (Å²) in [6.07, 6.45) is 0. The minimum Gasteiger partial charge on any atom is -0.304 e. The summed E-state index contributed by atoms with van der Waals surface area (Å²) in [6.45, 7) is 6.42. The number of nitrogens with one attached hydrogen (secondary N) is 1. The van der Waals surface area contributed by atoms with E-state index in [0.29, 0.717) is 11.6 Å². The number of nitrogens with zero attached hydrogens (tertiary/aromatic N) is 2. The topological polar surface area (TPSA) is 52.7 Å². The molecule has 1 heterocycles. The monoisotopic (exact) mass is 331 g/mol. The molecule has 2 rings (SSSR count). The van der Waals surface area contributed by atoms with Crippen molar-refractivity contribution in [3.05, 3.63) is 29.3 Å². The number of piperazine rings is 1. The van der Waals surface area contributed by atoms with Gasteiger partial charge >= 0.3 is 0 Å². The Balaban J connectivity index is 1.92. The molecule has 0 bridgehead atoms. The predicted octanol–water partition coefficient (Wildman–Crippen LogP) is 1.25. The van der Waals surface area contributed by atoms with Crippen molar-refractivity contribution in [1.82, 2.24) is 14.5 Å². The van der Waals surface area contributed by atoms with Crippen LogP contribution in [0.3, 0.4) is 0 Å². The van der Waals surface area contributed by atoms with Gasteiger partial charge in [-0.1, -0.05) is 17.7 Å². The summed E-state index contributed by atoms with van der Waals surface area (Å²) >= 11 is 5.84. The standard InChI is InChI=1S/C14H22ClN3O2S/c1-12(18-8-6-17(2)7-9-18)11-16-21(19,20)14-5-3-4-13(15)10-14/h3-5,10,12,16H,6-9,11H2,1-2H3/t12-/m0/s1. The first kappa shape index (κ1) is 16.7. The minimum absolute atomic E-state index is 0.174. The van der Waals surface area contributed by atoms with Gasteiger partial charge in [0.25, 0.3) is 0 Å². The molecule has 1 aliphatic rings. The summed E-state index contributed by atoms with van der Waals surface area (Å²) in [5.41, 5.74) is 0. The van der Waals surface area contributed by atoms with Crippen LogP contribution in [0, 0.1) is 0 Å². The highest BCUT2D eigenvalue weighted by molar-refractivity contribution is 7.89. The highest BCUT2D eigenvalue weighted by atomic mass is 35.5. The Morgan fingerprint density at radius 3 is 2.57 bits per heavy atom. The van der Waals surface area contributed by atoms with E-state index in [4.69, 9.17) is 11.6 Å². The number of rotatable bonds is 5. The largest absolute Gasteiger partial charge is 0.304 e. The summed E-state index contributed by atoms with van der Waals surface area (Å²) in [7, 11) is -1.40. The van der Waals surface area contributed by atoms with Crippen LogP contribution < -0.4 is 4.72 Å². The summed E-state index contributed by atoms with van der Waals surface area (Å²) in [6, 6.07) is 6.49. The number of hydrogen-bond acceptors (Lipinski definition) is 4. The fraction of sp³-hybridized carbons (Fsp3) is 0.571. The van der Waals surface area contributed by atoms with Crippen LogP contribution in [-0.2, 0) is 10.0 Å². The Hall–Kier alpha value is -0.660. The maximum absolute atomic E-state index is 12.2. The van der Waals surface area contributed by atoms with E-state index in [1.54, 1.807) is 18.2 Å². The molecular formula is C14H22ClN3O2S. The lowest BCUT2D eigenvalue weighted by Crippen LogP contribution is -2.51. The zero-order valence-electron chi connectivity index (χ0n) is 12.4. The van der Waals surface area contributed by atoms with Crippen molar-refractivity contribution in [2.45, 2.75) is 17.9 Å². The summed E-state index contributed by atoms with van der Waals surface area (Å²) in [5.74, 6) is 0. The second-order valence-corrected chi connectivity index (χ2v) is 7.70. The van der Waals surface area contributed by atoms with Gasteiger partial charge in [0.15, 0.2) is 0 Å². The van der Waals surface area contributed by atoms with Gasteiger partial charge in [0, 0.05) is 43.8 Å². The van der Waals surface area contributed by atoms with E-state index < -0.39 is 10.0 Å². The van der Waals surface area contributed by atoms with E-state index in [2.05, 4.69) is 21.6 Å². The van der Waals surface area contributed by atoms with Gasteiger partial charge in [-0.2, -0.15) is 0 Å². The third kappa shape index (κ3) is 4.66. The molecule has 1 fully saturated rings. The Bertz CT molecular complexity index is 571. The highest BCUT2D eigenvalue weighted by Gasteiger charge is 2.21. The van der Waals surface area contributed by atoms with Crippen LogP contribution in [0.4, 0.5) is 0 Å². The molecule has 1 atom stereocenters. The van der Waals surface area contributed by atoms with Crippen LogP contribution in [0.25, 0.3) is 0 Å². The third-order valence-electron chi connectivity index (χ3n) is 3.84. The lowest BCUT2D eigenvalue weighted by Gasteiger charge is -2.36. The van der Waals surface area contributed by atoms with Gasteiger partial charge in [0.2, 0.25) is 10.0 Å². The Kier molecular flexibility index (Phi) is 5.62. The molecule has 21 heavy (non-hydrogen) atoms. The molecule has 1 aromatic carbocycles. The number of sulfonamides is 1. The van der Waals surface area contributed by atoms with Crippen LogP contribution in [0.2, 0.25) is 5.02 Å². The van der Waals surface area contributed by atoms with Crippen LogP contribution in [-0.4, -0.2) is 64.0 Å². The zero-order chi connectivity index (χ0) is 15.5. The van der Waals surface area contributed by atoms with Gasteiger partial charge in [0.05, 0.1) is 4.90 Å². The Morgan fingerprint density at radius 1 is 1.29 bits per heavy atom. The van der Waals surface area contributed by atoms with Crippen molar-refractivity contribution in [2.75, 3.05) is 39.8 Å². The molecule has 0 radical (unpaired) electrons. The second-order valence-electron chi connectivity index (χ2n) is 5.50. The number of hydrogen-bond donors (Lipinski definition) is 1. The van der Waals surface area contributed by atoms with Crippen LogP contribution in [0.15, 0.2) is 29.2 Å². The first-order chi connectivity index (χ1) is 9.88. The summed E-state index contributed by atoms with van der Waals surface area (Å²) < 4.78 is 27.1. The van der Waals surface area contributed by atoms with E-state index >= 15 is 0 Å². The van der Waals surface area contributed by atoms with Gasteiger partial charge in [-0.15, -0.1) is 0 Å². The average Bonchev–Trinajstić information content (AvgIpc) is 2.45. The van der Waals surface area contributed by atoms with E-state index in [-0.39, 0.29) is 10.9 Å². The first-order valence-corrected chi connectivity index (χ1v) is 8.92. The second kappa shape index (κ2) is 7.07. The van der Waals surface area contributed by atoms with Crippen LogP contribution in [0.1, 0.15) is 6.92 Å². The zero-order valence-corrected chi connectivity index (χ0v) is 14.0. The van der Waals surface area contributed by atoms with Gasteiger partial charge < -0.3 is 4.90 Å². The molecule has 7 heteroatoms. The molecule has 0 amide bonds. The van der Waals surface area contributed by atoms with Gasteiger partial charge in [-0.25, -0.2) is 13.1 Å². The molecule has 0 aromatic heterocycles.